The molecule has 1 saturated heterocycles. The highest BCUT2D eigenvalue weighted by Crippen LogP contribution is 2.39. The van der Waals surface area contributed by atoms with Gasteiger partial charge in [0.05, 0.1) is 10.6 Å². The second-order valence-corrected chi connectivity index (χ2v) is 11.3. The summed E-state index contributed by atoms with van der Waals surface area (Å²) in [5.41, 5.74) is 2.37. The molecule has 2 aliphatic heterocycles. The minimum absolute atomic E-state index is 0.0528. The zero-order valence-corrected chi connectivity index (χ0v) is 20.2. The van der Waals surface area contributed by atoms with Crippen LogP contribution in [0.3, 0.4) is 0 Å². The van der Waals surface area contributed by atoms with Crippen molar-refractivity contribution in [3.05, 3.63) is 53.8 Å². The van der Waals surface area contributed by atoms with E-state index in [-0.39, 0.29) is 28.6 Å². The molecule has 1 atom stereocenters. The molecule has 2 aromatic carbocycles. The first kappa shape index (κ1) is 23.3. The predicted octanol–water partition coefficient (Wildman–Crippen LogP) is 2.61. The molecule has 5 rings (SSSR count). The van der Waals surface area contributed by atoms with Crippen LogP contribution in [0.1, 0.15) is 25.3 Å². The fourth-order valence-corrected chi connectivity index (χ4v) is 6.05. The summed E-state index contributed by atoms with van der Waals surface area (Å²) in [4.78, 5) is 18.9. The first-order valence-corrected chi connectivity index (χ1v) is 13.5. The largest absolute Gasteiger partial charge is 0.367 e. The number of amides is 1. The van der Waals surface area contributed by atoms with E-state index in [1.807, 2.05) is 22.8 Å². The van der Waals surface area contributed by atoms with Gasteiger partial charge in [-0.3, -0.25) is 9.69 Å². The van der Waals surface area contributed by atoms with Crippen molar-refractivity contribution >= 4 is 27.3 Å². The zero-order valence-electron chi connectivity index (χ0n) is 19.4. The van der Waals surface area contributed by atoms with Crippen LogP contribution in [0.2, 0.25) is 0 Å². The summed E-state index contributed by atoms with van der Waals surface area (Å²) in [7, 11) is -3.64. The third-order valence-electron chi connectivity index (χ3n) is 7.03. The van der Waals surface area contributed by atoms with Gasteiger partial charge in [-0.2, -0.15) is 0 Å². The number of rotatable bonds is 7. The number of anilines is 2. The van der Waals surface area contributed by atoms with Crippen LogP contribution >= 0.6 is 0 Å². The van der Waals surface area contributed by atoms with E-state index in [2.05, 4.69) is 9.62 Å². The molecule has 0 unspecified atom stereocenters. The normalized spacial score (nSPS) is 21.1. The van der Waals surface area contributed by atoms with Crippen molar-refractivity contribution in [2.24, 2.45) is 5.92 Å². The molecule has 2 aromatic rings. The molecule has 1 amide bonds. The van der Waals surface area contributed by atoms with Gasteiger partial charge in [0.25, 0.3) is 0 Å². The molecule has 0 spiro atoms. The van der Waals surface area contributed by atoms with E-state index >= 15 is 0 Å². The van der Waals surface area contributed by atoms with Crippen LogP contribution in [-0.4, -0.2) is 64.5 Å². The number of benzene rings is 2. The topological polar surface area (TPSA) is 73.0 Å². The lowest BCUT2D eigenvalue weighted by Gasteiger charge is -2.36. The quantitative estimate of drug-likeness (QED) is 0.652. The second kappa shape index (κ2) is 9.28. The second-order valence-electron chi connectivity index (χ2n) is 9.50. The number of nitrogens with one attached hydrogen (secondary N) is 1. The van der Waals surface area contributed by atoms with E-state index in [1.54, 1.807) is 30.3 Å². The van der Waals surface area contributed by atoms with Crippen LogP contribution < -0.4 is 14.5 Å². The number of halogens is 1. The fourth-order valence-electron chi connectivity index (χ4n) is 4.98. The summed E-state index contributed by atoms with van der Waals surface area (Å²) in [6, 6.07) is 11.9. The first-order chi connectivity index (χ1) is 16.3. The Balaban J connectivity index is 1.15. The van der Waals surface area contributed by atoms with E-state index in [0.717, 1.165) is 37.2 Å². The maximum Gasteiger partial charge on any atom is 0.240 e. The van der Waals surface area contributed by atoms with Gasteiger partial charge in [0.2, 0.25) is 15.9 Å². The molecular weight excluding hydrogens is 455 g/mol. The van der Waals surface area contributed by atoms with Gasteiger partial charge in [-0.25, -0.2) is 17.5 Å². The van der Waals surface area contributed by atoms with Crippen molar-refractivity contribution in [1.29, 1.82) is 0 Å². The molecule has 7 nitrogen and oxygen atoms in total. The van der Waals surface area contributed by atoms with Crippen LogP contribution in [0.25, 0.3) is 0 Å². The Labute approximate surface area is 200 Å². The Morgan fingerprint density at radius 2 is 1.79 bits per heavy atom. The summed E-state index contributed by atoms with van der Waals surface area (Å²) in [6.07, 6.45) is 2.57. The van der Waals surface area contributed by atoms with Gasteiger partial charge in [0, 0.05) is 56.9 Å². The average molecular weight is 487 g/mol. The monoisotopic (exact) mass is 486 g/mol. The minimum Gasteiger partial charge on any atom is -0.367 e. The third kappa shape index (κ3) is 4.69. The van der Waals surface area contributed by atoms with Gasteiger partial charge in [0.1, 0.15) is 5.82 Å². The molecule has 9 heteroatoms. The maximum absolute atomic E-state index is 14.0. The summed E-state index contributed by atoms with van der Waals surface area (Å²) in [5, 5.41) is 0. The highest BCUT2D eigenvalue weighted by Gasteiger charge is 2.39. The third-order valence-corrected chi connectivity index (χ3v) is 8.49. The predicted molar refractivity (Wildman–Crippen MR) is 130 cm³/mol. The molecule has 1 aliphatic carbocycles. The van der Waals surface area contributed by atoms with Crippen molar-refractivity contribution < 1.29 is 17.6 Å². The molecule has 1 N–H and O–H groups in total. The number of hydrogen-bond acceptors (Lipinski definition) is 5. The van der Waals surface area contributed by atoms with Gasteiger partial charge in [-0.15, -0.1) is 0 Å². The number of carbonyl (C=O) groups excluding carboxylic acids is 1. The van der Waals surface area contributed by atoms with Gasteiger partial charge < -0.3 is 9.80 Å². The molecule has 0 aromatic heterocycles. The van der Waals surface area contributed by atoms with E-state index in [4.69, 9.17) is 0 Å². The van der Waals surface area contributed by atoms with E-state index in [9.17, 15) is 17.6 Å². The van der Waals surface area contributed by atoms with E-state index in [0.29, 0.717) is 38.3 Å². The Kier molecular flexibility index (Phi) is 6.35. The van der Waals surface area contributed by atoms with Crippen molar-refractivity contribution in [3.8, 4) is 0 Å². The van der Waals surface area contributed by atoms with Gasteiger partial charge >= 0.3 is 0 Å². The van der Waals surface area contributed by atoms with E-state index in [1.165, 1.54) is 6.07 Å². The molecule has 1 saturated carbocycles. The van der Waals surface area contributed by atoms with Crippen LogP contribution in [0, 0.1) is 11.7 Å². The standard InChI is InChI=1S/C25H31FN4O3S/c1-18-16-20-17-21(8-9-23(20)30(18)25(31)19-6-7-19)34(32,33)27-10-11-28-12-14-29(15-13-28)24-5-3-2-4-22(24)26/h2-5,8-9,17-19,27H,6-7,10-16H2,1H3/t18-/m1/s1. The van der Waals surface area contributed by atoms with Gasteiger partial charge in [0.15, 0.2) is 0 Å². The molecule has 182 valence electrons. The summed E-state index contributed by atoms with van der Waals surface area (Å²) >= 11 is 0. The molecule has 0 radical (unpaired) electrons. The number of carbonyl (C=O) groups is 1. The highest BCUT2D eigenvalue weighted by molar-refractivity contribution is 7.89. The minimum atomic E-state index is -3.64. The first-order valence-electron chi connectivity index (χ1n) is 12.0. The lowest BCUT2D eigenvalue weighted by atomic mass is 10.1. The Bertz CT molecular complexity index is 1180. The van der Waals surface area contributed by atoms with Crippen molar-refractivity contribution in [2.45, 2.75) is 37.1 Å². The summed E-state index contributed by atoms with van der Waals surface area (Å²) < 4.78 is 42.5. The number of fused-ring (bicyclic) bond motifs is 1. The van der Waals surface area contributed by atoms with E-state index < -0.39 is 10.0 Å². The molecular formula is C25H31FN4O3S. The van der Waals surface area contributed by atoms with Gasteiger partial charge in [-0.1, -0.05) is 12.1 Å². The van der Waals surface area contributed by atoms with Crippen molar-refractivity contribution in [2.75, 3.05) is 49.1 Å². The SMILES string of the molecule is C[C@@H]1Cc2cc(S(=O)(=O)NCCN3CCN(c4ccccc4F)CC3)ccc2N1C(=O)C1CC1. The number of para-hydroxylation sites is 1. The maximum atomic E-state index is 14.0. The lowest BCUT2D eigenvalue weighted by molar-refractivity contribution is -0.120. The molecule has 2 heterocycles. The number of piperazine rings is 1. The average Bonchev–Trinajstić information content (AvgIpc) is 3.61. The molecule has 0 bridgehead atoms. The number of sulfonamides is 1. The zero-order chi connectivity index (χ0) is 23.9. The number of hydrogen-bond donors (Lipinski definition) is 1. The Morgan fingerprint density at radius 1 is 1.06 bits per heavy atom. The molecule has 3 aliphatic rings. The van der Waals surface area contributed by atoms with Crippen LogP contribution in [0.15, 0.2) is 47.4 Å². The van der Waals surface area contributed by atoms with Crippen molar-refractivity contribution in [1.82, 2.24) is 9.62 Å². The summed E-state index contributed by atoms with van der Waals surface area (Å²) in [5.74, 6) is 0.0783. The molecule has 34 heavy (non-hydrogen) atoms. The Hall–Kier alpha value is -2.49. The molecule has 2 fully saturated rings. The number of nitrogens with zero attached hydrogens (tertiary/aromatic N) is 3. The lowest BCUT2D eigenvalue weighted by Crippen LogP contribution is -2.48. The fraction of sp³-hybridized carbons (Fsp3) is 0.480. The van der Waals surface area contributed by atoms with Crippen LogP contribution in [0.5, 0.6) is 0 Å². The van der Waals surface area contributed by atoms with Crippen LogP contribution in [-0.2, 0) is 21.2 Å². The highest BCUT2D eigenvalue weighted by atomic mass is 32.2. The Morgan fingerprint density at radius 3 is 2.50 bits per heavy atom. The van der Waals surface area contributed by atoms with Gasteiger partial charge in [-0.05, 0) is 62.1 Å². The van der Waals surface area contributed by atoms with Crippen molar-refractivity contribution in [3.63, 3.8) is 0 Å². The van der Waals surface area contributed by atoms with Crippen LogP contribution in [0.4, 0.5) is 15.8 Å². The smallest absolute Gasteiger partial charge is 0.240 e. The summed E-state index contributed by atoms with van der Waals surface area (Å²) in [6.45, 7) is 5.81.